The van der Waals surface area contributed by atoms with Gasteiger partial charge in [0.25, 0.3) is 0 Å². The van der Waals surface area contributed by atoms with Crippen LogP contribution in [0, 0.1) is 10.1 Å². The molecule has 0 unspecified atom stereocenters. The zero-order valence-electron chi connectivity index (χ0n) is 6.66. The smallest absolute Gasteiger partial charge is 0.258 e. The molecule has 2 aromatic rings. The summed E-state index contributed by atoms with van der Waals surface area (Å²) in [4.78, 5) is 10.4. The van der Waals surface area contributed by atoms with E-state index in [1.165, 1.54) is 11.3 Å². The van der Waals surface area contributed by atoms with Crippen LogP contribution < -0.4 is 0 Å². The first-order valence-electron chi connectivity index (χ1n) is 3.61. The Bertz CT molecular complexity index is 523. The van der Waals surface area contributed by atoms with Crippen LogP contribution in [0.1, 0.15) is 0 Å². The normalized spacial score (nSPS) is 10.7. The monoisotopic (exact) mass is 335 g/mol. The number of halogens is 2. The Balaban J connectivity index is 2.88. The molecule has 0 bridgehead atoms. The summed E-state index contributed by atoms with van der Waals surface area (Å²) in [6, 6.07) is 5.42. The Morgan fingerprint density at radius 3 is 2.71 bits per heavy atom. The standard InChI is InChI=1S/C8H3Br2NO2S/c9-5-2-1-4-3-6(10)14-8(4)7(5)11(12)13/h1-3H. The van der Waals surface area contributed by atoms with E-state index in [1.807, 2.05) is 12.1 Å². The summed E-state index contributed by atoms with van der Waals surface area (Å²) in [6.45, 7) is 0. The van der Waals surface area contributed by atoms with Crippen molar-refractivity contribution in [3.63, 3.8) is 0 Å². The van der Waals surface area contributed by atoms with E-state index in [0.29, 0.717) is 9.17 Å². The number of benzene rings is 1. The lowest BCUT2D eigenvalue weighted by molar-refractivity contribution is -0.383. The molecular weight excluding hydrogens is 334 g/mol. The third kappa shape index (κ3) is 1.57. The molecule has 0 fully saturated rings. The predicted octanol–water partition coefficient (Wildman–Crippen LogP) is 4.33. The molecule has 0 aliphatic heterocycles. The summed E-state index contributed by atoms with van der Waals surface area (Å²) in [5.74, 6) is 0. The van der Waals surface area contributed by atoms with Gasteiger partial charge in [0, 0.05) is 5.39 Å². The van der Waals surface area contributed by atoms with Gasteiger partial charge in [-0.25, -0.2) is 0 Å². The molecule has 14 heavy (non-hydrogen) atoms. The zero-order chi connectivity index (χ0) is 10.3. The number of thiophene rings is 1. The van der Waals surface area contributed by atoms with Crippen molar-refractivity contribution >= 4 is 59.0 Å². The predicted molar refractivity (Wildman–Crippen MR) is 63.9 cm³/mol. The van der Waals surface area contributed by atoms with Crippen molar-refractivity contribution in [1.29, 1.82) is 0 Å². The van der Waals surface area contributed by atoms with Gasteiger partial charge in [0.15, 0.2) is 0 Å². The first kappa shape index (κ1) is 10.1. The quantitative estimate of drug-likeness (QED) is 0.574. The Kier molecular flexibility index (Phi) is 2.59. The van der Waals surface area contributed by atoms with Gasteiger partial charge in [0.05, 0.1) is 13.2 Å². The summed E-state index contributed by atoms with van der Waals surface area (Å²) in [5, 5.41) is 11.7. The van der Waals surface area contributed by atoms with Crippen molar-refractivity contribution in [3.05, 3.63) is 36.6 Å². The van der Waals surface area contributed by atoms with E-state index in [0.717, 1.165) is 9.17 Å². The molecule has 72 valence electrons. The highest BCUT2D eigenvalue weighted by Gasteiger charge is 2.18. The van der Waals surface area contributed by atoms with Gasteiger partial charge in [-0.05, 0) is 44.0 Å². The number of nitrogens with zero attached hydrogens (tertiary/aromatic N) is 1. The molecule has 0 N–H and O–H groups in total. The van der Waals surface area contributed by atoms with E-state index < -0.39 is 0 Å². The lowest BCUT2D eigenvalue weighted by atomic mass is 10.2. The van der Waals surface area contributed by atoms with Gasteiger partial charge in [-0.2, -0.15) is 0 Å². The average molecular weight is 337 g/mol. The second-order valence-electron chi connectivity index (χ2n) is 2.62. The van der Waals surface area contributed by atoms with E-state index in [9.17, 15) is 10.1 Å². The third-order valence-corrected chi connectivity index (χ3v) is 4.06. The molecule has 0 saturated heterocycles. The molecular formula is C8H3Br2NO2S. The lowest BCUT2D eigenvalue weighted by Crippen LogP contribution is -1.88. The average Bonchev–Trinajstić information content (AvgIpc) is 2.43. The van der Waals surface area contributed by atoms with E-state index in [4.69, 9.17) is 0 Å². The van der Waals surface area contributed by atoms with Crippen molar-refractivity contribution in [2.24, 2.45) is 0 Å². The van der Waals surface area contributed by atoms with E-state index in [1.54, 1.807) is 6.07 Å². The number of hydrogen-bond donors (Lipinski definition) is 0. The fraction of sp³-hybridized carbons (Fsp3) is 0. The Hall–Kier alpha value is -0.460. The van der Waals surface area contributed by atoms with Crippen LogP contribution in [0.2, 0.25) is 0 Å². The van der Waals surface area contributed by atoms with Crippen LogP contribution >= 0.6 is 43.2 Å². The zero-order valence-corrected chi connectivity index (χ0v) is 10.6. The summed E-state index contributed by atoms with van der Waals surface area (Å²) in [6.07, 6.45) is 0. The molecule has 0 atom stereocenters. The Morgan fingerprint density at radius 2 is 2.07 bits per heavy atom. The maximum Gasteiger partial charge on any atom is 0.301 e. The number of nitro groups is 1. The Morgan fingerprint density at radius 1 is 1.36 bits per heavy atom. The van der Waals surface area contributed by atoms with Gasteiger partial charge in [-0.15, -0.1) is 11.3 Å². The van der Waals surface area contributed by atoms with Crippen molar-refractivity contribution in [2.75, 3.05) is 0 Å². The maximum absolute atomic E-state index is 10.8. The number of fused-ring (bicyclic) bond motifs is 1. The molecule has 6 heteroatoms. The van der Waals surface area contributed by atoms with Crippen molar-refractivity contribution in [2.45, 2.75) is 0 Å². The molecule has 0 saturated carbocycles. The Labute approximate surface area is 100 Å². The molecule has 0 amide bonds. The van der Waals surface area contributed by atoms with Gasteiger partial charge in [-0.1, -0.05) is 6.07 Å². The molecule has 3 nitrogen and oxygen atoms in total. The molecule has 1 aromatic carbocycles. The minimum atomic E-state index is -0.366. The maximum atomic E-state index is 10.8. The molecule has 0 aliphatic rings. The van der Waals surface area contributed by atoms with Crippen LogP contribution in [-0.2, 0) is 0 Å². The summed E-state index contributed by atoms with van der Waals surface area (Å²) in [7, 11) is 0. The summed E-state index contributed by atoms with van der Waals surface area (Å²) < 4.78 is 2.11. The number of rotatable bonds is 1. The number of nitro benzene ring substituents is 1. The second-order valence-corrected chi connectivity index (χ2v) is 5.91. The minimum Gasteiger partial charge on any atom is -0.258 e. The fourth-order valence-electron chi connectivity index (χ4n) is 1.20. The van der Waals surface area contributed by atoms with E-state index in [2.05, 4.69) is 31.9 Å². The van der Waals surface area contributed by atoms with E-state index in [-0.39, 0.29) is 10.6 Å². The number of hydrogen-bond acceptors (Lipinski definition) is 3. The van der Waals surface area contributed by atoms with Gasteiger partial charge >= 0.3 is 5.69 Å². The highest BCUT2D eigenvalue weighted by atomic mass is 79.9. The first-order chi connectivity index (χ1) is 6.59. The van der Waals surface area contributed by atoms with Gasteiger partial charge in [-0.3, -0.25) is 10.1 Å². The molecule has 0 spiro atoms. The van der Waals surface area contributed by atoms with Crippen LogP contribution in [0.25, 0.3) is 10.1 Å². The third-order valence-electron chi connectivity index (χ3n) is 1.76. The molecule has 2 rings (SSSR count). The highest BCUT2D eigenvalue weighted by Crippen LogP contribution is 2.40. The molecule has 0 radical (unpaired) electrons. The van der Waals surface area contributed by atoms with Crippen LogP contribution in [-0.4, -0.2) is 4.92 Å². The van der Waals surface area contributed by atoms with E-state index >= 15 is 0 Å². The molecule has 1 heterocycles. The van der Waals surface area contributed by atoms with Crippen LogP contribution in [0.3, 0.4) is 0 Å². The molecule has 0 aliphatic carbocycles. The van der Waals surface area contributed by atoms with Crippen LogP contribution in [0.4, 0.5) is 5.69 Å². The minimum absolute atomic E-state index is 0.137. The van der Waals surface area contributed by atoms with Gasteiger partial charge < -0.3 is 0 Å². The first-order valence-corrected chi connectivity index (χ1v) is 6.02. The SMILES string of the molecule is O=[N+]([O-])c1c(Br)ccc2cc(Br)sc12. The molecule has 1 aromatic heterocycles. The van der Waals surface area contributed by atoms with Gasteiger partial charge in [0.2, 0.25) is 0 Å². The van der Waals surface area contributed by atoms with Crippen LogP contribution in [0.5, 0.6) is 0 Å². The summed E-state index contributed by atoms with van der Waals surface area (Å²) >= 11 is 7.86. The fourth-order valence-corrected chi connectivity index (χ4v) is 3.45. The van der Waals surface area contributed by atoms with Crippen molar-refractivity contribution in [1.82, 2.24) is 0 Å². The van der Waals surface area contributed by atoms with Crippen LogP contribution in [0.15, 0.2) is 26.5 Å². The topological polar surface area (TPSA) is 43.1 Å². The summed E-state index contributed by atoms with van der Waals surface area (Å²) in [5.41, 5.74) is 0.137. The lowest BCUT2D eigenvalue weighted by Gasteiger charge is -1.95. The highest BCUT2D eigenvalue weighted by molar-refractivity contribution is 9.11. The van der Waals surface area contributed by atoms with Crippen molar-refractivity contribution in [3.8, 4) is 0 Å². The second kappa shape index (κ2) is 3.60. The largest absolute Gasteiger partial charge is 0.301 e. The van der Waals surface area contributed by atoms with Crippen molar-refractivity contribution < 1.29 is 4.92 Å². The van der Waals surface area contributed by atoms with Gasteiger partial charge in [0.1, 0.15) is 4.70 Å².